The molecule has 0 N–H and O–H groups in total. The average molecular weight is 397 g/mol. The lowest BCUT2D eigenvalue weighted by molar-refractivity contribution is -0.384. The van der Waals surface area contributed by atoms with Gasteiger partial charge in [-0.1, -0.05) is 41.9 Å². The maximum atomic E-state index is 12.8. The number of nitro benzene ring substituents is 1. The van der Waals surface area contributed by atoms with E-state index in [2.05, 4.69) is 22.1 Å². The number of nitro groups is 1. The van der Waals surface area contributed by atoms with Crippen molar-refractivity contribution in [3.05, 3.63) is 91.8 Å². The molecule has 1 aromatic heterocycles. The fraction of sp³-hybridized carbons (Fsp3) is 0.200. The lowest BCUT2D eigenvalue weighted by Crippen LogP contribution is -2.28. The van der Waals surface area contributed by atoms with Crippen molar-refractivity contribution in [2.24, 2.45) is 0 Å². The molecular formula is C20H17ClN4O3. The van der Waals surface area contributed by atoms with Gasteiger partial charge in [0.05, 0.1) is 28.5 Å². The van der Waals surface area contributed by atoms with E-state index in [0.29, 0.717) is 11.4 Å². The van der Waals surface area contributed by atoms with Gasteiger partial charge in [0.2, 0.25) is 0 Å². The minimum absolute atomic E-state index is 0.0534. The number of hydrogen-bond donors (Lipinski definition) is 0. The molecule has 0 amide bonds. The van der Waals surface area contributed by atoms with Crippen LogP contribution in [-0.4, -0.2) is 21.2 Å². The Bertz CT molecular complexity index is 1070. The van der Waals surface area contributed by atoms with Crippen LogP contribution in [0.5, 0.6) is 0 Å². The van der Waals surface area contributed by atoms with Crippen LogP contribution in [-0.2, 0) is 0 Å². The molecule has 1 saturated heterocycles. The number of benzene rings is 2. The highest BCUT2D eigenvalue weighted by Gasteiger charge is 2.29. The van der Waals surface area contributed by atoms with Crippen molar-refractivity contribution in [2.75, 3.05) is 11.4 Å². The normalized spacial score (nSPS) is 16.3. The van der Waals surface area contributed by atoms with Crippen LogP contribution in [0.15, 0.2) is 65.6 Å². The van der Waals surface area contributed by atoms with Crippen molar-refractivity contribution in [3.8, 4) is 5.69 Å². The van der Waals surface area contributed by atoms with Crippen LogP contribution in [0.3, 0.4) is 0 Å². The van der Waals surface area contributed by atoms with Crippen LogP contribution < -0.4 is 10.5 Å². The first kappa shape index (κ1) is 18.2. The van der Waals surface area contributed by atoms with E-state index >= 15 is 0 Å². The molecule has 0 spiro atoms. The van der Waals surface area contributed by atoms with Gasteiger partial charge in [0.15, 0.2) is 0 Å². The molecule has 7 nitrogen and oxygen atoms in total. The first-order chi connectivity index (χ1) is 13.6. The van der Waals surface area contributed by atoms with Crippen molar-refractivity contribution >= 4 is 23.0 Å². The van der Waals surface area contributed by atoms with E-state index in [0.717, 1.165) is 24.1 Å². The average Bonchev–Trinajstić information content (AvgIpc) is 3.20. The summed E-state index contributed by atoms with van der Waals surface area (Å²) in [6, 6.07) is 15.9. The Labute approximate surface area is 165 Å². The van der Waals surface area contributed by atoms with Gasteiger partial charge < -0.3 is 4.90 Å². The maximum absolute atomic E-state index is 12.8. The minimum atomic E-state index is -0.493. The van der Waals surface area contributed by atoms with Gasteiger partial charge in [-0.05, 0) is 30.5 Å². The Morgan fingerprint density at radius 2 is 1.82 bits per heavy atom. The number of rotatable bonds is 4. The first-order valence-corrected chi connectivity index (χ1v) is 9.28. The van der Waals surface area contributed by atoms with Gasteiger partial charge in [0.1, 0.15) is 5.02 Å². The van der Waals surface area contributed by atoms with Gasteiger partial charge >= 0.3 is 0 Å². The Morgan fingerprint density at radius 1 is 1.11 bits per heavy atom. The second-order valence-corrected chi connectivity index (χ2v) is 6.97. The summed E-state index contributed by atoms with van der Waals surface area (Å²) in [6.45, 7) is 0.794. The molecule has 2 heterocycles. The van der Waals surface area contributed by atoms with Crippen molar-refractivity contribution in [2.45, 2.75) is 18.9 Å². The molecule has 0 radical (unpaired) electrons. The monoisotopic (exact) mass is 396 g/mol. The Kier molecular flexibility index (Phi) is 4.83. The number of hydrogen-bond acceptors (Lipinski definition) is 5. The summed E-state index contributed by atoms with van der Waals surface area (Å²) in [4.78, 5) is 25.2. The van der Waals surface area contributed by atoms with Gasteiger partial charge in [0.25, 0.3) is 11.2 Å². The second-order valence-electron chi connectivity index (χ2n) is 6.60. The van der Waals surface area contributed by atoms with E-state index in [4.69, 9.17) is 11.6 Å². The van der Waals surface area contributed by atoms with Gasteiger partial charge in [-0.15, -0.1) is 0 Å². The van der Waals surface area contributed by atoms with E-state index in [1.54, 1.807) is 6.20 Å². The summed E-state index contributed by atoms with van der Waals surface area (Å²) >= 11 is 6.44. The summed E-state index contributed by atoms with van der Waals surface area (Å²) < 4.78 is 1.16. The Hall–Kier alpha value is -3.19. The van der Waals surface area contributed by atoms with Crippen molar-refractivity contribution in [1.29, 1.82) is 0 Å². The topological polar surface area (TPSA) is 81.3 Å². The number of nitrogens with zero attached hydrogens (tertiary/aromatic N) is 4. The molecule has 1 aliphatic heterocycles. The molecule has 4 rings (SSSR count). The molecule has 28 heavy (non-hydrogen) atoms. The highest BCUT2D eigenvalue weighted by molar-refractivity contribution is 6.33. The number of non-ortho nitro benzene ring substituents is 1. The highest BCUT2D eigenvalue weighted by Crippen LogP contribution is 2.37. The summed E-state index contributed by atoms with van der Waals surface area (Å²) in [7, 11) is 0. The van der Waals surface area contributed by atoms with E-state index in [1.165, 1.54) is 29.8 Å². The fourth-order valence-electron chi connectivity index (χ4n) is 3.60. The molecular weight excluding hydrogens is 380 g/mol. The van der Waals surface area contributed by atoms with E-state index in [1.807, 2.05) is 18.2 Å². The Morgan fingerprint density at radius 3 is 2.50 bits per heavy atom. The molecule has 8 heteroatoms. The summed E-state index contributed by atoms with van der Waals surface area (Å²) in [5.74, 6) is 0. The number of anilines is 1. The quantitative estimate of drug-likeness (QED) is 0.489. The van der Waals surface area contributed by atoms with Crippen molar-refractivity contribution in [1.82, 2.24) is 9.78 Å². The summed E-state index contributed by atoms with van der Waals surface area (Å²) in [5, 5.41) is 15.2. The second kappa shape index (κ2) is 7.44. The van der Waals surface area contributed by atoms with Gasteiger partial charge in [-0.2, -0.15) is 9.78 Å². The van der Waals surface area contributed by atoms with Gasteiger partial charge in [-0.3, -0.25) is 14.9 Å². The van der Waals surface area contributed by atoms with Crippen LogP contribution in [0.2, 0.25) is 5.02 Å². The number of halogens is 1. The minimum Gasteiger partial charge on any atom is -0.362 e. The highest BCUT2D eigenvalue weighted by atomic mass is 35.5. The first-order valence-electron chi connectivity index (χ1n) is 8.90. The lowest BCUT2D eigenvalue weighted by atomic mass is 10.0. The lowest BCUT2D eigenvalue weighted by Gasteiger charge is -2.27. The molecule has 142 valence electrons. The molecule has 0 bridgehead atoms. The molecule has 2 aromatic carbocycles. The smallest absolute Gasteiger partial charge is 0.292 e. The van der Waals surface area contributed by atoms with Crippen LogP contribution in [0.1, 0.15) is 24.4 Å². The molecule has 3 aromatic rings. The van der Waals surface area contributed by atoms with E-state index < -0.39 is 10.5 Å². The third-order valence-electron chi connectivity index (χ3n) is 4.95. The zero-order chi connectivity index (χ0) is 19.7. The van der Waals surface area contributed by atoms with Crippen LogP contribution in [0.25, 0.3) is 5.69 Å². The van der Waals surface area contributed by atoms with Crippen LogP contribution in [0.4, 0.5) is 11.4 Å². The molecule has 1 aliphatic rings. The molecule has 0 aliphatic carbocycles. The van der Waals surface area contributed by atoms with E-state index in [-0.39, 0.29) is 16.8 Å². The molecule has 1 atom stereocenters. The molecule has 1 fully saturated rings. The standard InChI is InChI=1S/C20H17ClN4O3/c21-19-18(23-12-4-7-17(23)14-5-2-1-3-6-14)13-22-24(20(19)26)15-8-10-16(11-9-15)25(27)28/h1-3,5-6,8-11,13,17H,4,7,12H2. The summed E-state index contributed by atoms with van der Waals surface area (Å²) in [6.07, 6.45) is 3.57. The molecule has 0 saturated carbocycles. The number of aromatic nitrogens is 2. The summed E-state index contributed by atoms with van der Waals surface area (Å²) in [5.41, 5.74) is 1.70. The van der Waals surface area contributed by atoms with Gasteiger partial charge in [0, 0.05) is 18.7 Å². The van der Waals surface area contributed by atoms with E-state index in [9.17, 15) is 14.9 Å². The largest absolute Gasteiger partial charge is 0.362 e. The van der Waals surface area contributed by atoms with Crippen LogP contribution in [0, 0.1) is 10.1 Å². The van der Waals surface area contributed by atoms with Crippen molar-refractivity contribution < 1.29 is 4.92 Å². The Balaban J connectivity index is 1.70. The maximum Gasteiger partial charge on any atom is 0.292 e. The fourth-order valence-corrected chi connectivity index (χ4v) is 3.84. The predicted molar refractivity (Wildman–Crippen MR) is 107 cm³/mol. The zero-order valence-corrected chi connectivity index (χ0v) is 15.6. The predicted octanol–water partition coefficient (Wildman–Crippen LogP) is 4.14. The van der Waals surface area contributed by atoms with Gasteiger partial charge in [-0.25, -0.2) is 0 Å². The third-order valence-corrected chi connectivity index (χ3v) is 5.31. The zero-order valence-electron chi connectivity index (χ0n) is 14.9. The SMILES string of the molecule is O=c1c(Cl)c(N2CCCC2c2ccccc2)cnn1-c1ccc([N+](=O)[O-])cc1. The van der Waals surface area contributed by atoms with Crippen molar-refractivity contribution in [3.63, 3.8) is 0 Å². The van der Waals surface area contributed by atoms with Crippen LogP contribution >= 0.6 is 11.6 Å². The third kappa shape index (κ3) is 3.25. The molecule has 1 unspecified atom stereocenters.